The Bertz CT molecular complexity index is 2720. The Balaban J connectivity index is 1.26. The molecule has 0 N–H and O–H groups in total. The predicted molar refractivity (Wildman–Crippen MR) is 190 cm³/mol. The van der Waals surface area contributed by atoms with Gasteiger partial charge < -0.3 is 4.42 Å². The fraction of sp³-hybridized carbons (Fsp3) is 0. The fourth-order valence-electron chi connectivity index (χ4n) is 6.79. The third-order valence-corrected chi connectivity index (χ3v) is 8.76. The first-order valence-electron chi connectivity index (χ1n) is 17.5. The summed E-state index contributed by atoms with van der Waals surface area (Å²) in [6, 6.07) is 46.3. The lowest BCUT2D eigenvalue weighted by Crippen LogP contribution is -1.91. The van der Waals surface area contributed by atoms with Gasteiger partial charge in [-0.1, -0.05) is 152 Å². The average molecular weight is 578 g/mol. The van der Waals surface area contributed by atoms with E-state index in [9.17, 15) is 0 Å². The maximum Gasteiger partial charge on any atom is 0.136 e. The van der Waals surface area contributed by atoms with Gasteiger partial charge in [-0.15, -0.1) is 0 Å². The SMILES string of the molecule is [2H]c1c([2H])c([2H])c(-c2ccc(-c3c4ccccc4c(-c4ccc5oc6cccc(-c7ccccc7)c6c5c4)c4ccccc34)cc2)c([2H])c1[2H]. The lowest BCUT2D eigenvalue weighted by atomic mass is 9.85. The van der Waals surface area contributed by atoms with E-state index in [1.54, 1.807) is 0 Å². The van der Waals surface area contributed by atoms with E-state index in [4.69, 9.17) is 11.3 Å². The van der Waals surface area contributed by atoms with Crippen LogP contribution in [0.1, 0.15) is 6.85 Å². The summed E-state index contributed by atoms with van der Waals surface area (Å²) in [6.45, 7) is 0. The molecule has 1 nitrogen and oxygen atoms in total. The van der Waals surface area contributed by atoms with E-state index < -0.39 is 6.04 Å². The molecule has 0 unspecified atom stereocenters. The zero-order chi connectivity index (χ0) is 34.1. The highest BCUT2D eigenvalue weighted by Crippen LogP contribution is 2.45. The number of hydrogen-bond donors (Lipinski definition) is 0. The van der Waals surface area contributed by atoms with Crippen LogP contribution in [0.25, 0.3) is 88.0 Å². The van der Waals surface area contributed by atoms with E-state index in [1.165, 1.54) is 0 Å². The van der Waals surface area contributed by atoms with Crippen LogP contribution in [-0.4, -0.2) is 0 Å². The molecule has 1 aromatic heterocycles. The molecule has 0 bridgehead atoms. The van der Waals surface area contributed by atoms with Crippen molar-refractivity contribution in [1.82, 2.24) is 0 Å². The first-order chi connectivity index (χ1) is 24.4. The van der Waals surface area contributed by atoms with Gasteiger partial charge in [0.25, 0.3) is 0 Å². The summed E-state index contributed by atoms with van der Waals surface area (Å²) < 4.78 is 47.6. The molecule has 45 heavy (non-hydrogen) atoms. The zero-order valence-corrected chi connectivity index (χ0v) is 24.2. The minimum atomic E-state index is -0.393. The highest BCUT2D eigenvalue weighted by Gasteiger charge is 2.19. The first kappa shape index (κ1) is 20.9. The van der Waals surface area contributed by atoms with Crippen LogP contribution in [0.5, 0.6) is 0 Å². The maximum absolute atomic E-state index is 8.47. The second-order valence-electron chi connectivity index (χ2n) is 11.3. The second kappa shape index (κ2) is 10.4. The van der Waals surface area contributed by atoms with Gasteiger partial charge in [0.1, 0.15) is 11.2 Å². The molecule has 1 heteroatoms. The van der Waals surface area contributed by atoms with Crippen molar-refractivity contribution in [1.29, 1.82) is 0 Å². The molecule has 0 saturated heterocycles. The van der Waals surface area contributed by atoms with E-state index in [0.29, 0.717) is 5.56 Å². The van der Waals surface area contributed by atoms with Crippen molar-refractivity contribution >= 4 is 43.5 Å². The Morgan fingerprint density at radius 1 is 0.378 bits per heavy atom. The Morgan fingerprint density at radius 3 is 1.62 bits per heavy atom. The zero-order valence-electron chi connectivity index (χ0n) is 29.2. The third-order valence-electron chi connectivity index (χ3n) is 8.76. The molecular weight excluding hydrogens is 544 g/mol. The van der Waals surface area contributed by atoms with Crippen molar-refractivity contribution in [2.75, 3.05) is 0 Å². The van der Waals surface area contributed by atoms with E-state index in [1.807, 2.05) is 42.5 Å². The summed E-state index contributed by atoms with van der Waals surface area (Å²) in [6.07, 6.45) is 0. The Morgan fingerprint density at radius 2 is 0.956 bits per heavy atom. The summed E-state index contributed by atoms with van der Waals surface area (Å²) >= 11 is 0. The topological polar surface area (TPSA) is 13.1 Å². The second-order valence-corrected chi connectivity index (χ2v) is 11.3. The Kier molecular flexibility index (Phi) is 4.81. The van der Waals surface area contributed by atoms with E-state index in [0.717, 1.165) is 76.9 Å². The van der Waals surface area contributed by atoms with Crippen LogP contribution >= 0.6 is 0 Å². The van der Waals surface area contributed by atoms with E-state index in [-0.39, 0.29) is 29.7 Å². The summed E-state index contributed by atoms with van der Waals surface area (Å²) in [7, 11) is 0. The number of benzene rings is 8. The fourth-order valence-corrected chi connectivity index (χ4v) is 6.79. The van der Waals surface area contributed by atoms with Crippen LogP contribution in [0.2, 0.25) is 0 Å². The summed E-state index contributed by atoms with van der Waals surface area (Å²) in [5.74, 6) is 0. The van der Waals surface area contributed by atoms with Gasteiger partial charge in [0, 0.05) is 10.8 Å². The maximum atomic E-state index is 8.47. The smallest absolute Gasteiger partial charge is 0.136 e. The van der Waals surface area contributed by atoms with Gasteiger partial charge in [-0.2, -0.15) is 0 Å². The molecule has 0 spiro atoms. The average Bonchev–Trinajstić information content (AvgIpc) is 3.54. The predicted octanol–water partition coefficient (Wildman–Crippen LogP) is 12.6. The molecule has 1 heterocycles. The highest BCUT2D eigenvalue weighted by molar-refractivity contribution is 6.22. The molecule has 0 amide bonds. The van der Waals surface area contributed by atoms with Gasteiger partial charge in [-0.3, -0.25) is 0 Å². The highest BCUT2D eigenvalue weighted by atomic mass is 16.3. The van der Waals surface area contributed by atoms with Crippen LogP contribution in [0, 0.1) is 0 Å². The van der Waals surface area contributed by atoms with Crippen LogP contribution in [0.3, 0.4) is 0 Å². The van der Waals surface area contributed by atoms with Crippen molar-refractivity contribution in [2.45, 2.75) is 0 Å². The van der Waals surface area contributed by atoms with Crippen molar-refractivity contribution in [3.8, 4) is 44.5 Å². The molecule has 0 fully saturated rings. The third kappa shape index (κ3) is 4.17. The summed E-state index contributed by atoms with van der Waals surface area (Å²) in [5.41, 5.74) is 9.05. The molecule has 0 atom stereocenters. The lowest BCUT2D eigenvalue weighted by Gasteiger charge is -2.18. The Hall–Kier alpha value is -5.92. The number of rotatable bonds is 4. The Labute approximate surface area is 268 Å². The minimum Gasteiger partial charge on any atom is -0.456 e. The van der Waals surface area contributed by atoms with E-state index >= 15 is 0 Å². The standard InChI is InChI=1S/C44H28O/c1-3-12-29(13-4-1)30-22-24-32(25-23-30)42-35-16-7-9-18-37(35)43(38-19-10-8-17-36(38)42)33-26-27-40-39(28-33)44-34(20-11-21-41(44)45-40)31-14-5-2-6-15-31/h1-28H/i1D,3D,4D,12D,13D. The molecule has 9 aromatic rings. The molecule has 0 saturated carbocycles. The van der Waals surface area contributed by atoms with Gasteiger partial charge in [0.15, 0.2) is 0 Å². The normalized spacial score (nSPS) is 13.1. The van der Waals surface area contributed by atoms with Crippen molar-refractivity contribution in [3.05, 3.63) is 170 Å². The van der Waals surface area contributed by atoms with Crippen LogP contribution in [-0.2, 0) is 0 Å². The van der Waals surface area contributed by atoms with Crippen LogP contribution in [0.15, 0.2) is 174 Å². The van der Waals surface area contributed by atoms with Gasteiger partial charge in [-0.25, -0.2) is 0 Å². The largest absolute Gasteiger partial charge is 0.456 e. The number of fused-ring (bicyclic) bond motifs is 5. The van der Waals surface area contributed by atoms with Gasteiger partial charge in [0.2, 0.25) is 0 Å². The molecule has 0 aliphatic rings. The summed E-state index contributed by atoms with van der Waals surface area (Å²) in [4.78, 5) is 0. The number of furan rings is 1. The molecule has 9 rings (SSSR count). The molecule has 0 radical (unpaired) electrons. The van der Waals surface area contributed by atoms with Crippen LogP contribution < -0.4 is 0 Å². The molecule has 210 valence electrons. The van der Waals surface area contributed by atoms with Crippen molar-refractivity contribution < 1.29 is 11.3 Å². The number of hydrogen-bond acceptors (Lipinski definition) is 1. The summed E-state index contributed by atoms with van der Waals surface area (Å²) in [5, 5.41) is 6.59. The van der Waals surface area contributed by atoms with Gasteiger partial charge in [-0.05, 0) is 84.3 Å². The van der Waals surface area contributed by atoms with Crippen molar-refractivity contribution in [3.63, 3.8) is 0 Å². The van der Waals surface area contributed by atoms with Gasteiger partial charge in [0.05, 0.1) is 6.85 Å². The molecule has 0 aliphatic heterocycles. The van der Waals surface area contributed by atoms with E-state index in [2.05, 4.69) is 97.1 Å². The quantitative estimate of drug-likeness (QED) is 0.190. The van der Waals surface area contributed by atoms with Crippen LogP contribution in [0.4, 0.5) is 0 Å². The molecule has 8 aromatic carbocycles. The minimum absolute atomic E-state index is 0.199. The molecular formula is C44H28O. The van der Waals surface area contributed by atoms with Gasteiger partial charge >= 0.3 is 0 Å². The van der Waals surface area contributed by atoms with Crippen molar-refractivity contribution in [2.24, 2.45) is 0 Å². The first-order valence-corrected chi connectivity index (χ1v) is 15.0. The molecule has 0 aliphatic carbocycles. The lowest BCUT2D eigenvalue weighted by molar-refractivity contribution is 0.669. The monoisotopic (exact) mass is 577 g/mol.